The van der Waals surface area contributed by atoms with Gasteiger partial charge in [-0.15, -0.1) is 0 Å². The second-order valence-electron chi connectivity index (χ2n) is 5.54. The van der Waals surface area contributed by atoms with Crippen LogP contribution in [0.5, 0.6) is 0 Å². The third kappa shape index (κ3) is 2.92. The Labute approximate surface area is 147 Å². The number of rotatable bonds is 3. The maximum absolute atomic E-state index is 13.2. The fourth-order valence-electron chi connectivity index (χ4n) is 2.73. The van der Waals surface area contributed by atoms with Crippen LogP contribution in [0.4, 0.5) is 4.39 Å². The summed E-state index contributed by atoms with van der Waals surface area (Å²) in [6.45, 7) is 0.501. The van der Waals surface area contributed by atoms with E-state index in [0.717, 1.165) is 5.56 Å². The van der Waals surface area contributed by atoms with Crippen molar-refractivity contribution < 1.29 is 4.39 Å². The smallest absolute Gasteiger partial charge is 0.327 e. The summed E-state index contributed by atoms with van der Waals surface area (Å²) in [5.74, 6) is 0.192. The van der Waals surface area contributed by atoms with E-state index in [1.807, 2.05) is 29.0 Å². The first kappa shape index (κ1) is 15.5. The van der Waals surface area contributed by atoms with Gasteiger partial charge in [-0.2, -0.15) is 4.98 Å². The van der Waals surface area contributed by atoms with Crippen LogP contribution in [0.15, 0.2) is 65.7 Å². The van der Waals surface area contributed by atoms with E-state index in [0.29, 0.717) is 28.9 Å². The summed E-state index contributed by atoms with van der Waals surface area (Å²) in [5, 5.41) is 0.425. The van der Waals surface area contributed by atoms with Gasteiger partial charge >= 0.3 is 5.69 Å². The zero-order valence-electron chi connectivity index (χ0n) is 12.9. The Kier molecular flexibility index (Phi) is 3.82. The van der Waals surface area contributed by atoms with Crippen LogP contribution < -0.4 is 5.69 Å². The Morgan fingerprint density at radius 2 is 1.88 bits per heavy atom. The quantitative estimate of drug-likeness (QED) is 0.530. The minimum Gasteiger partial charge on any atom is -0.327 e. The monoisotopic (exact) mass is 354 g/mol. The van der Waals surface area contributed by atoms with Gasteiger partial charge in [0.15, 0.2) is 5.82 Å². The van der Waals surface area contributed by atoms with Crippen LogP contribution in [-0.2, 0) is 6.54 Å². The van der Waals surface area contributed by atoms with Gasteiger partial charge in [0.25, 0.3) is 0 Å². The highest BCUT2D eigenvalue weighted by Gasteiger charge is 2.18. The van der Waals surface area contributed by atoms with Crippen LogP contribution in [0.25, 0.3) is 17.2 Å². The summed E-state index contributed by atoms with van der Waals surface area (Å²) in [6.07, 6.45) is 3.53. The van der Waals surface area contributed by atoms with Crippen LogP contribution >= 0.6 is 11.6 Å². The molecule has 0 N–H and O–H groups in total. The molecule has 4 rings (SSSR count). The maximum Gasteiger partial charge on any atom is 0.354 e. The Balaban J connectivity index is 1.78. The summed E-state index contributed by atoms with van der Waals surface area (Å²) in [6, 6.07) is 13.0. The first-order valence-electron chi connectivity index (χ1n) is 7.56. The van der Waals surface area contributed by atoms with Gasteiger partial charge in [-0.05, 0) is 48.0 Å². The normalized spacial score (nSPS) is 11.1. The second-order valence-corrected chi connectivity index (χ2v) is 5.93. The molecule has 2 aliphatic rings. The lowest BCUT2D eigenvalue weighted by Gasteiger charge is -2.12. The number of pyridine rings is 2. The number of halogens is 2. The standard InChI is InChI=1S/C18H12ClFN4O/c19-16-8-3-12(10-21-16)11-23-9-1-2-15-17(23)22-18(25)24(15)14-6-4-13(20)5-7-14/h1-10H,11H2. The van der Waals surface area contributed by atoms with Gasteiger partial charge in [0.2, 0.25) is 0 Å². The lowest BCUT2D eigenvalue weighted by Crippen LogP contribution is -2.14. The lowest BCUT2D eigenvalue weighted by molar-refractivity contribution is 0.627. The fraction of sp³-hybridized carbons (Fsp3) is 0.0556. The van der Waals surface area contributed by atoms with E-state index in [2.05, 4.69) is 9.97 Å². The van der Waals surface area contributed by atoms with Crippen molar-refractivity contribution >= 4 is 11.6 Å². The van der Waals surface area contributed by atoms with Gasteiger partial charge in [-0.3, -0.25) is 4.57 Å². The molecule has 124 valence electrons. The molecule has 25 heavy (non-hydrogen) atoms. The van der Waals surface area contributed by atoms with E-state index in [-0.39, 0.29) is 5.82 Å². The predicted octanol–water partition coefficient (Wildman–Crippen LogP) is 3.37. The largest absolute Gasteiger partial charge is 0.354 e. The maximum atomic E-state index is 13.2. The second kappa shape index (κ2) is 6.14. The number of aromatic nitrogens is 4. The summed E-state index contributed by atoms with van der Waals surface area (Å²) < 4.78 is 16.5. The first-order chi connectivity index (χ1) is 12.1. The van der Waals surface area contributed by atoms with Gasteiger partial charge in [-0.1, -0.05) is 17.7 Å². The molecule has 0 bridgehead atoms. The van der Waals surface area contributed by atoms with Crippen LogP contribution in [0.1, 0.15) is 5.56 Å². The molecule has 0 saturated heterocycles. The molecule has 0 spiro atoms. The van der Waals surface area contributed by atoms with E-state index in [9.17, 15) is 9.18 Å². The average molecular weight is 355 g/mol. The molecule has 1 aromatic carbocycles. The summed E-state index contributed by atoms with van der Waals surface area (Å²) in [5.41, 5.74) is 1.75. The number of hydrogen-bond donors (Lipinski definition) is 0. The van der Waals surface area contributed by atoms with Crippen molar-refractivity contribution in [1.29, 1.82) is 0 Å². The molecule has 1 aromatic heterocycles. The van der Waals surface area contributed by atoms with Crippen LogP contribution in [0.2, 0.25) is 5.15 Å². The number of imidazole rings is 1. The molecule has 7 heteroatoms. The summed E-state index contributed by atoms with van der Waals surface area (Å²) >= 11 is 5.81. The molecule has 0 fully saturated rings. The topological polar surface area (TPSA) is 52.7 Å². The van der Waals surface area contributed by atoms with Crippen molar-refractivity contribution in [3.8, 4) is 17.2 Å². The Morgan fingerprint density at radius 1 is 1.08 bits per heavy atom. The molecule has 0 unspecified atom stereocenters. The highest BCUT2D eigenvalue weighted by molar-refractivity contribution is 6.29. The van der Waals surface area contributed by atoms with Crippen LogP contribution in [-0.4, -0.2) is 19.1 Å². The number of hydrogen-bond acceptors (Lipinski definition) is 3. The molecule has 0 radical (unpaired) electrons. The van der Waals surface area contributed by atoms with Gasteiger partial charge < -0.3 is 4.57 Å². The fourth-order valence-corrected chi connectivity index (χ4v) is 2.85. The zero-order chi connectivity index (χ0) is 17.4. The van der Waals surface area contributed by atoms with Gasteiger partial charge in [0, 0.05) is 12.4 Å². The highest BCUT2D eigenvalue weighted by atomic mass is 35.5. The van der Waals surface area contributed by atoms with E-state index in [1.165, 1.54) is 16.7 Å². The molecule has 0 amide bonds. The molecule has 5 nitrogen and oxygen atoms in total. The van der Waals surface area contributed by atoms with Crippen molar-refractivity contribution in [2.75, 3.05) is 0 Å². The van der Waals surface area contributed by atoms with Crippen LogP contribution in [0, 0.1) is 5.82 Å². The molecule has 2 aromatic rings. The SMILES string of the molecule is O=c1nc2n(Cc3ccc(Cl)nc3)cccc-2n1-c1ccc(F)cc1. The summed E-state index contributed by atoms with van der Waals surface area (Å²) in [4.78, 5) is 20.6. The summed E-state index contributed by atoms with van der Waals surface area (Å²) in [7, 11) is 0. The van der Waals surface area contributed by atoms with Gasteiger partial charge in [0.05, 0.1) is 17.9 Å². The first-order valence-corrected chi connectivity index (χ1v) is 7.94. The third-order valence-corrected chi connectivity index (χ3v) is 4.10. The molecule has 0 atom stereocenters. The Bertz CT molecular complexity index is 1050. The van der Waals surface area contributed by atoms with Crippen LogP contribution in [0.3, 0.4) is 0 Å². The minimum absolute atomic E-state index is 0.356. The molecule has 0 aliphatic carbocycles. The molecule has 2 aliphatic heterocycles. The lowest BCUT2D eigenvalue weighted by atomic mass is 10.2. The number of nitrogens with zero attached hydrogens (tertiary/aromatic N) is 4. The van der Waals surface area contributed by atoms with Crippen molar-refractivity contribution in [1.82, 2.24) is 19.1 Å². The third-order valence-electron chi connectivity index (χ3n) is 3.88. The van der Waals surface area contributed by atoms with Gasteiger partial charge in [-0.25, -0.2) is 14.2 Å². The number of benzene rings is 1. The number of fused-ring (bicyclic) bond motifs is 1. The predicted molar refractivity (Wildman–Crippen MR) is 92.8 cm³/mol. The Morgan fingerprint density at radius 3 is 2.60 bits per heavy atom. The van der Waals surface area contributed by atoms with Gasteiger partial charge in [0.1, 0.15) is 11.0 Å². The highest BCUT2D eigenvalue weighted by Crippen LogP contribution is 2.22. The minimum atomic E-state index is -0.407. The van der Waals surface area contributed by atoms with E-state index in [1.54, 1.807) is 24.4 Å². The molecule has 3 heterocycles. The van der Waals surface area contributed by atoms with E-state index in [4.69, 9.17) is 11.6 Å². The molecule has 0 saturated carbocycles. The zero-order valence-corrected chi connectivity index (χ0v) is 13.7. The average Bonchev–Trinajstić information content (AvgIpc) is 2.95. The van der Waals surface area contributed by atoms with Crippen molar-refractivity contribution in [3.63, 3.8) is 0 Å². The Hall–Kier alpha value is -2.99. The van der Waals surface area contributed by atoms with Crippen molar-refractivity contribution in [2.45, 2.75) is 6.54 Å². The molecular weight excluding hydrogens is 343 g/mol. The van der Waals surface area contributed by atoms with Crippen molar-refractivity contribution in [3.05, 3.63) is 87.9 Å². The van der Waals surface area contributed by atoms with Crippen molar-refractivity contribution in [2.24, 2.45) is 0 Å². The molecular formula is C18H12ClFN4O. The van der Waals surface area contributed by atoms with E-state index >= 15 is 0 Å². The van der Waals surface area contributed by atoms with E-state index < -0.39 is 5.69 Å².